The first-order valence-corrected chi connectivity index (χ1v) is 9.17. The maximum absolute atomic E-state index is 12.9. The van der Waals surface area contributed by atoms with E-state index in [1.54, 1.807) is 0 Å². The van der Waals surface area contributed by atoms with E-state index in [1.807, 2.05) is 37.3 Å². The molecule has 4 heteroatoms. The summed E-state index contributed by atoms with van der Waals surface area (Å²) in [6.07, 6.45) is 2.80. The van der Waals surface area contributed by atoms with Crippen LogP contribution in [0.4, 0.5) is 0 Å². The Balaban J connectivity index is 1.54. The number of carboxylic acid groups (broad SMARTS) is 1. The Labute approximate surface area is 153 Å². The second-order valence-electron chi connectivity index (χ2n) is 7.59. The first-order valence-electron chi connectivity index (χ1n) is 9.17. The van der Waals surface area contributed by atoms with Crippen LogP contribution in [0.15, 0.2) is 48.5 Å². The topological polar surface area (TPSA) is 66.4 Å². The number of aryl methyl sites for hydroxylation is 2. The van der Waals surface area contributed by atoms with Crippen molar-refractivity contribution < 1.29 is 14.7 Å². The molecule has 0 aliphatic heterocycles. The molecule has 0 saturated heterocycles. The number of carbonyl (C=O) groups is 2. The molecule has 1 amide bonds. The van der Waals surface area contributed by atoms with E-state index in [9.17, 15) is 14.7 Å². The lowest BCUT2D eigenvalue weighted by atomic mass is 9.94. The smallest absolute Gasteiger partial charge is 0.305 e. The van der Waals surface area contributed by atoms with Crippen molar-refractivity contribution in [3.63, 3.8) is 0 Å². The van der Waals surface area contributed by atoms with Gasteiger partial charge in [0.2, 0.25) is 5.91 Å². The summed E-state index contributed by atoms with van der Waals surface area (Å²) in [4.78, 5) is 24.3. The van der Waals surface area contributed by atoms with Gasteiger partial charge in [-0.25, -0.2) is 0 Å². The maximum Gasteiger partial charge on any atom is 0.305 e. The summed E-state index contributed by atoms with van der Waals surface area (Å²) in [5.41, 5.74) is 4.51. The molecule has 4 nitrogen and oxygen atoms in total. The molecule has 2 aromatic rings. The van der Waals surface area contributed by atoms with E-state index in [-0.39, 0.29) is 23.7 Å². The molecule has 1 fully saturated rings. The zero-order valence-corrected chi connectivity index (χ0v) is 14.9. The zero-order chi connectivity index (χ0) is 18.3. The molecule has 1 saturated carbocycles. The summed E-state index contributed by atoms with van der Waals surface area (Å²) >= 11 is 0. The fourth-order valence-electron chi connectivity index (χ4n) is 4.60. The molecular weight excluding hydrogens is 326 g/mol. The Kier molecular flexibility index (Phi) is 4.06. The van der Waals surface area contributed by atoms with Crippen molar-refractivity contribution in [1.29, 1.82) is 0 Å². The van der Waals surface area contributed by atoms with Crippen LogP contribution in [0.1, 0.15) is 47.6 Å². The van der Waals surface area contributed by atoms with E-state index in [4.69, 9.17) is 0 Å². The number of hydrogen-bond acceptors (Lipinski definition) is 2. The van der Waals surface area contributed by atoms with Crippen molar-refractivity contribution in [3.05, 3.63) is 70.8 Å². The Morgan fingerprint density at radius 1 is 1.19 bits per heavy atom. The first kappa shape index (κ1) is 16.8. The van der Waals surface area contributed by atoms with Crippen molar-refractivity contribution in [2.24, 2.45) is 5.92 Å². The number of hydrogen-bond donors (Lipinski definition) is 2. The van der Waals surface area contributed by atoms with Crippen LogP contribution >= 0.6 is 0 Å². The average molecular weight is 349 g/mol. The van der Waals surface area contributed by atoms with Gasteiger partial charge in [-0.2, -0.15) is 0 Å². The molecule has 0 aromatic heterocycles. The van der Waals surface area contributed by atoms with Crippen LogP contribution in [0.25, 0.3) is 0 Å². The van der Waals surface area contributed by atoms with Gasteiger partial charge in [0, 0.05) is 11.3 Å². The molecule has 2 aromatic carbocycles. The summed E-state index contributed by atoms with van der Waals surface area (Å²) in [6.45, 7) is 1.95. The number of nitrogens with one attached hydrogen (secondary N) is 1. The molecule has 1 spiro atoms. The second-order valence-corrected chi connectivity index (χ2v) is 7.59. The summed E-state index contributed by atoms with van der Waals surface area (Å²) in [7, 11) is 0. The number of carboxylic acids is 1. The third-order valence-corrected chi connectivity index (χ3v) is 6.05. The van der Waals surface area contributed by atoms with Crippen LogP contribution < -0.4 is 5.32 Å². The number of amides is 1. The molecule has 0 radical (unpaired) electrons. The van der Waals surface area contributed by atoms with Crippen molar-refractivity contribution >= 4 is 11.9 Å². The van der Waals surface area contributed by atoms with Crippen LogP contribution in [0.5, 0.6) is 0 Å². The largest absolute Gasteiger partial charge is 0.481 e. The molecule has 134 valence electrons. The number of carbonyl (C=O) groups excluding carboxylic acids is 1. The van der Waals surface area contributed by atoms with Gasteiger partial charge in [0.05, 0.1) is 12.5 Å². The molecular formula is C22H23NO3. The molecule has 4 rings (SSSR count). The standard InChI is InChI=1S/C22H23NO3/c1-14-6-2-4-8-16(14)19(12-20(24)25)23-21(26)18-13-22(18)11-10-15-7-3-5-9-17(15)22/h2-9,18-19H,10-13H2,1H3,(H,23,26)(H,24,25). The second kappa shape index (κ2) is 6.27. The fourth-order valence-corrected chi connectivity index (χ4v) is 4.60. The lowest BCUT2D eigenvalue weighted by molar-refractivity contribution is -0.137. The Bertz CT molecular complexity index is 875. The van der Waals surface area contributed by atoms with Crippen LogP contribution in [-0.4, -0.2) is 17.0 Å². The van der Waals surface area contributed by atoms with Crippen LogP contribution in [-0.2, 0) is 21.4 Å². The zero-order valence-electron chi connectivity index (χ0n) is 14.9. The summed E-state index contributed by atoms with van der Waals surface area (Å²) < 4.78 is 0. The number of aliphatic carboxylic acids is 1. The minimum absolute atomic E-state index is 0.0174. The molecule has 3 unspecified atom stereocenters. The van der Waals surface area contributed by atoms with E-state index in [2.05, 4.69) is 23.5 Å². The number of benzene rings is 2. The summed E-state index contributed by atoms with van der Waals surface area (Å²) in [6, 6.07) is 15.5. The maximum atomic E-state index is 12.9. The quantitative estimate of drug-likeness (QED) is 0.868. The highest BCUT2D eigenvalue weighted by atomic mass is 16.4. The van der Waals surface area contributed by atoms with Crippen molar-refractivity contribution in [1.82, 2.24) is 5.32 Å². The molecule has 2 aliphatic rings. The monoisotopic (exact) mass is 349 g/mol. The highest BCUT2D eigenvalue weighted by Crippen LogP contribution is 2.61. The summed E-state index contributed by atoms with van der Waals surface area (Å²) in [5, 5.41) is 12.3. The fraction of sp³-hybridized carbons (Fsp3) is 0.364. The van der Waals surface area contributed by atoms with E-state index < -0.39 is 12.0 Å². The van der Waals surface area contributed by atoms with Crippen molar-refractivity contribution in [2.75, 3.05) is 0 Å². The number of rotatable bonds is 5. The van der Waals surface area contributed by atoms with Gasteiger partial charge in [-0.1, -0.05) is 48.5 Å². The predicted molar refractivity (Wildman–Crippen MR) is 98.9 cm³/mol. The molecule has 2 N–H and O–H groups in total. The lowest BCUT2D eigenvalue weighted by Gasteiger charge is -2.20. The van der Waals surface area contributed by atoms with Gasteiger partial charge >= 0.3 is 5.97 Å². The van der Waals surface area contributed by atoms with Crippen LogP contribution in [0, 0.1) is 12.8 Å². The highest BCUT2D eigenvalue weighted by molar-refractivity contribution is 5.86. The van der Waals surface area contributed by atoms with Crippen molar-refractivity contribution in [3.8, 4) is 0 Å². The van der Waals surface area contributed by atoms with Gasteiger partial charge in [-0.05, 0) is 48.4 Å². The van der Waals surface area contributed by atoms with E-state index in [1.165, 1.54) is 11.1 Å². The van der Waals surface area contributed by atoms with Gasteiger partial charge in [0.15, 0.2) is 0 Å². The van der Waals surface area contributed by atoms with Gasteiger partial charge < -0.3 is 10.4 Å². The van der Waals surface area contributed by atoms with Gasteiger partial charge in [-0.3, -0.25) is 9.59 Å². The molecule has 26 heavy (non-hydrogen) atoms. The predicted octanol–water partition coefficient (Wildman–Crippen LogP) is 3.53. The molecule has 0 heterocycles. The minimum Gasteiger partial charge on any atom is -0.481 e. The third kappa shape index (κ3) is 2.79. The first-order chi connectivity index (χ1) is 12.5. The Hall–Kier alpha value is -2.62. The lowest BCUT2D eigenvalue weighted by Crippen LogP contribution is -2.33. The third-order valence-electron chi connectivity index (χ3n) is 6.05. The summed E-state index contributed by atoms with van der Waals surface area (Å²) in [5.74, 6) is -0.974. The van der Waals surface area contributed by atoms with E-state index in [0.29, 0.717) is 0 Å². The van der Waals surface area contributed by atoms with Gasteiger partial charge in [-0.15, -0.1) is 0 Å². The van der Waals surface area contributed by atoms with E-state index >= 15 is 0 Å². The van der Waals surface area contributed by atoms with E-state index in [0.717, 1.165) is 30.4 Å². The number of fused-ring (bicyclic) bond motifs is 2. The molecule has 2 aliphatic carbocycles. The Morgan fingerprint density at radius 3 is 2.69 bits per heavy atom. The Morgan fingerprint density at radius 2 is 1.92 bits per heavy atom. The SMILES string of the molecule is Cc1ccccc1C(CC(=O)O)NC(=O)C1CC12CCc1ccccc12. The molecule has 3 atom stereocenters. The normalized spacial score (nSPS) is 24.1. The molecule has 0 bridgehead atoms. The highest BCUT2D eigenvalue weighted by Gasteiger charge is 2.61. The van der Waals surface area contributed by atoms with Crippen LogP contribution in [0.2, 0.25) is 0 Å². The van der Waals surface area contributed by atoms with Crippen LogP contribution in [0.3, 0.4) is 0 Å². The minimum atomic E-state index is -0.907. The average Bonchev–Trinajstić information content (AvgIpc) is 3.24. The van der Waals surface area contributed by atoms with Gasteiger partial charge in [0.25, 0.3) is 0 Å². The van der Waals surface area contributed by atoms with Gasteiger partial charge in [0.1, 0.15) is 0 Å². The van der Waals surface area contributed by atoms with Crippen molar-refractivity contribution in [2.45, 2.75) is 44.1 Å².